The average molecular weight is 218 g/mol. The maximum Gasteiger partial charge on any atom is 0.234 e. The first-order chi connectivity index (χ1) is 5.11. The Morgan fingerprint density at radius 1 is 1.82 bits per heavy atom. The molecule has 0 saturated heterocycles. The molecule has 0 bridgehead atoms. The minimum absolute atomic E-state index is 0.0436. The fourth-order valence-electron chi connectivity index (χ4n) is 0.531. The number of rotatable bonds is 3. The standard InChI is InChI=1S/C8H12BrNO/c1-4-6(3)10-8(11)7(9)5-2/h1,6-7H,5H2,2-3H3,(H,10,11). The van der Waals surface area contributed by atoms with Crippen molar-refractivity contribution in [2.24, 2.45) is 0 Å². The van der Waals surface area contributed by atoms with Crippen molar-refractivity contribution in [3.05, 3.63) is 0 Å². The number of alkyl halides is 1. The maximum absolute atomic E-state index is 11.1. The summed E-state index contributed by atoms with van der Waals surface area (Å²) >= 11 is 3.22. The number of hydrogen-bond acceptors (Lipinski definition) is 1. The lowest BCUT2D eigenvalue weighted by Gasteiger charge is -2.10. The summed E-state index contributed by atoms with van der Waals surface area (Å²) in [7, 11) is 0. The Bertz CT molecular complexity index is 173. The van der Waals surface area contributed by atoms with Crippen molar-refractivity contribution >= 4 is 21.8 Å². The van der Waals surface area contributed by atoms with Gasteiger partial charge in [-0.3, -0.25) is 4.79 Å². The van der Waals surface area contributed by atoms with Crippen LogP contribution in [-0.4, -0.2) is 16.8 Å². The summed E-state index contributed by atoms with van der Waals surface area (Å²) in [5, 5.41) is 2.66. The molecule has 0 heterocycles. The van der Waals surface area contributed by atoms with Gasteiger partial charge in [-0.25, -0.2) is 0 Å². The summed E-state index contributed by atoms with van der Waals surface area (Å²) in [6, 6.07) is -0.186. The molecular weight excluding hydrogens is 206 g/mol. The van der Waals surface area contributed by atoms with E-state index in [0.717, 1.165) is 6.42 Å². The third-order valence-corrected chi connectivity index (χ3v) is 2.31. The largest absolute Gasteiger partial charge is 0.342 e. The van der Waals surface area contributed by atoms with Crippen molar-refractivity contribution < 1.29 is 4.79 Å². The molecule has 0 aromatic carbocycles. The smallest absolute Gasteiger partial charge is 0.234 e. The molecule has 0 rings (SSSR count). The number of halogens is 1. The minimum Gasteiger partial charge on any atom is -0.342 e. The highest BCUT2D eigenvalue weighted by atomic mass is 79.9. The molecule has 3 heteroatoms. The van der Waals surface area contributed by atoms with E-state index < -0.39 is 0 Å². The fourth-order valence-corrected chi connectivity index (χ4v) is 0.663. The highest BCUT2D eigenvalue weighted by Crippen LogP contribution is 2.03. The molecule has 62 valence electrons. The van der Waals surface area contributed by atoms with E-state index in [-0.39, 0.29) is 16.8 Å². The van der Waals surface area contributed by atoms with E-state index >= 15 is 0 Å². The highest BCUT2D eigenvalue weighted by molar-refractivity contribution is 9.10. The van der Waals surface area contributed by atoms with Gasteiger partial charge in [-0.2, -0.15) is 0 Å². The molecular formula is C8H12BrNO. The molecule has 0 fully saturated rings. The molecule has 1 amide bonds. The van der Waals surface area contributed by atoms with Gasteiger partial charge < -0.3 is 5.32 Å². The quantitative estimate of drug-likeness (QED) is 0.561. The Balaban J connectivity index is 3.80. The normalized spacial score (nSPS) is 14.7. The Morgan fingerprint density at radius 3 is 2.73 bits per heavy atom. The molecule has 1 N–H and O–H groups in total. The van der Waals surface area contributed by atoms with Crippen molar-refractivity contribution in [1.29, 1.82) is 0 Å². The molecule has 0 aliphatic heterocycles. The lowest BCUT2D eigenvalue weighted by Crippen LogP contribution is -2.36. The van der Waals surface area contributed by atoms with Crippen molar-refractivity contribution in [3.63, 3.8) is 0 Å². The van der Waals surface area contributed by atoms with Gasteiger partial charge in [0.05, 0.1) is 10.9 Å². The van der Waals surface area contributed by atoms with Crippen LogP contribution in [0.1, 0.15) is 20.3 Å². The average Bonchev–Trinajstić information content (AvgIpc) is 2.02. The number of nitrogens with one attached hydrogen (secondary N) is 1. The number of carbonyl (C=O) groups is 1. The SMILES string of the molecule is C#CC(C)NC(=O)C(Br)CC. The molecule has 0 aromatic heterocycles. The van der Waals surface area contributed by atoms with Crippen LogP contribution in [-0.2, 0) is 4.79 Å². The van der Waals surface area contributed by atoms with E-state index in [1.165, 1.54) is 0 Å². The van der Waals surface area contributed by atoms with Crippen molar-refractivity contribution in [1.82, 2.24) is 5.32 Å². The van der Waals surface area contributed by atoms with Gasteiger partial charge in [0.2, 0.25) is 5.91 Å². The summed E-state index contributed by atoms with van der Waals surface area (Å²) < 4.78 is 0. The van der Waals surface area contributed by atoms with Crippen LogP contribution < -0.4 is 5.32 Å². The third kappa shape index (κ3) is 4.05. The molecule has 0 aliphatic rings. The van der Waals surface area contributed by atoms with Crippen LogP contribution in [0.2, 0.25) is 0 Å². The first-order valence-electron chi connectivity index (χ1n) is 3.52. The van der Waals surface area contributed by atoms with Crippen LogP contribution in [0.3, 0.4) is 0 Å². The zero-order valence-electron chi connectivity index (χ0n) is 6.73. The Morgan fingerprint density at radius 2 is 2.36 bits per heavy atom. The van der Waals surface area contributed by atoms with Crippen molar-refractivity contribution in [3.8, 4) is 12.3 Å². The lowest BCUT2D eigenvalue weighted by atomic mass is 10.3. The predicted molar refractivity (Wildman–Crippen MR) is 49.4 cm³/mol. The Hall–Kier alpha value is -0.490. The molecule has 0 aliphatic carbocycles. The van der Waals surface area contributed by atoms with Crippen LogP contribution in [0.15, 0.2) is 0 Å². The summed E-state index contributed by atoms with van der Waals surface area (Å²) in [5.41, 5.74) is 0. The second kappa shape index (κ2) is 5.20. The van der Waals surface area contributed by atoms with E-state index in [0.29, 0.717) is 0 Å². The topological polar surface area (TPSA) is 29.1 Å². The van der Waals surface area contributed by atoms with Crippen LogP contribution in [0.4, 0.5) is 0 Å². The van der Waals surface area contributed by atoms with Gasteiger partial charge in [-0.05, 0) is 13.3 Å². The number of hydrogen-bond donors (Lipinski definition) is 1. The second-order valence-electron chi connectivity index (χ2n) is 2.27. The summed E-state index contributed by atoms with van der Waals surface area (Å²) in [4.78, 5) is 11.0. The van der Waals surface area contributed by atoms with Crippen molar-refractivity contribution in [2.45, 2.75) is 31.1 Å². The van der Waals surface area contributed by atoms with Gasteiger partial charge in [0.15, 0.2) is 0 Å². The van der Waals surface area contributed by atoms with Gasteiger partial charge in [0, 0.05) is 0 Å². The summed E-state index contributed by atoms with van der Waals surface area (Å²) in [6.07, 6.45) is 5.85. The van der Waals surface area contributed by atoms with Crippen LogP contribution in [0.25, 0.3) is 0 Å². The predicted octanol–water partition coefficient (Wildman–Crippen LogP) is 1.30. The molecule has 0 saturated carbocycles. The van der Waals surface area contributed by atoms with Gasteiger partial charge in [-0.1, -0.05) is 28.8 Å². The third-order valence-electron chi connectivity index (χ3n) is 1.25. The number of terminal acetylenes is 1. The fraction of sp³-hybridized carbons (Fsp3) is 0.625. The van der Waals surface area contributed by atoms with Gasteiger partial charge >= 0.3 is 0 Å². The molecule has 0 radical (unpaired) electrons. The Labute approximate surface area is 75.9 Å². The minimum atomic E-state index is -0.186. The molecule has 2 atom stereocenters. The number of amides is 1. The zero-order chi connectivity index (χ0) is 8.85. The molecule has 0 spiro atoms. The first kappa shape index (κ1) is 10.5. The van der Waals surface area contributed by atoms with E-state index in [1.54, 1.807) is 6.92 Å². The van der Waals surface area contributed by atoms with Crippen LogP contribution in [0, 0.1) is 12.3 Å². The van der Waals surface area contributed by atoms with Gasteiger partial charge in [-0.15, -0.1) is 6.42 Å². The van der Waals surface area contributed by atoms with Crippen LogP contribution in [0.5, 0.6) is 0 Å². The second-order valence-corrected chi connectivity index (χ2v) is 3.38. The van der Waals surface area contributed by atoms with Crippen LogP contribution >= 0.6 is 15.9 Å². The van der Waals surface area contributed by atoms with E-state index in [1.807, 2.05) is 6.92 Å². The van der Waals surface area contributed by atoms with E-state index in [4.69, 9.17) is 6.42 Å². The maximum atomic E-state index is 11.1. The van der Waals surface area contributed by atoms with Gasteiger partial charge in [0.25, 0.3) is 0 Å². The molecule has 11 heavy (non-hydrogen) atoms. The molecule has 2 unspecified atom stereocenters. The lowest BCUT2D eigenvalue weighted by molar-refractivity contribution is -0.120. The van der Waals surface area contributed by atoms with E-state index in [2.05, 4.69) is 27.2 Å². The highest BCUT2D eigenvalue weighted by Gasteiger charge is 2.12. The monoisotopic (exact) mass is 217 g/mol. The van der Waals surface area contributed by atoms with Crippen molar-refractivity contribution in [2.75, 3.05) is 0 Å². The van der Waals surface area contributed by atoms with E-state index in [9.17, 15) is 4.79 Å². The molecule has 0 aromatic rings. The zero-order valence-corrected chi connectivity index (χ0v) is 8.31. The van der Waals surface area contributed by atoms with Gasteiger partial charge in [0.1, 0.15) is 0 Å². The first-order valence-corrected chi connectivity index (χ1v) is 4.44. The Kier molecular flexibility index (Phi) is 4.97. The summed E-state index contributed by atoms with van der Waals surface area (Å²) in [5.74, 6) is 2.38. The molecule has 2 nitrogen and oxygen atoms in total. The summed E-state index contributed by atoms with van der Waals surface area (Å²) in [6.45, 7) is 3.70. The number of carbonyl (C=O) groups excluding carboxylic acids is 1.